The number of alkyl halides is 1. The van der Waals surface area contributed by atoms with Gasteiger partial charge in [-0.05, 0) is 38.5 Å². The maximum Gasteiger partial charge on any atom is 0.407 e. The van der Waals surface area contributed by atoms with Crippen molar-refractivity contribution in [3.8, 4) is 0 Å². The number of unbranched alkanes of at least 4 members (excludes halogenated alkanes) is 1. The van der Waals surface area contributed by atoms with Crippen molar-refractivity contribution in [1.29, 1.82) is 0 Å². The number of hydrogen-bond donors (Lipinski definition) is 1. The fourth-order valence-corrected chi connectivity index (χ4v) is 2.36. The minimum atomic E-state index is -0.795. The van der Waals surface area contributed by atoms with Gasteiger partial charge in [-0.2, -0.15) is 0 Å². The SMILES string of the molecule is O=C(O)N1CCCCC1CCOCCCCCl. The molecule has 1 aliphatic rings. The molecule has 17 heavy (non-hydrogen) atoms. The van der Waals surface area contributed by atoms with Gasteiger partial charge in [-0.25, -0.2) is 4.79 Å². The van der Waals surface area contributed by atoms with E-state index in [2.05, 4.69) is 0 Å². The van der Waals surface area contributed by atoms with Crippen LogP contribution in [0.25, 0.3) is 0 Å². The van der Waals surface area contributed by atoms with Crippen LogP contribution in [0.4, 0.5) is 4.79 Å². The molecule has 0 aromatic heterocycles. The fourth-order valence-electron chi connectivity index (χ4n) is 2.17. The molecule has 0 aromatic carbocycles. The lowest BCUT2D eigenvalue weighted by atomic mass is 10.0. The molecule has 0 saturated carbocycles. The fraction of sp³-hybridized carbons (Fsp3) is 0.917. The standard InChI is InChI=1S/C12H22ClNO3/c13-7-2-4-9-17-10-6-11-5-1-3-8-14(11)12(15)16/h11H,1-10H2,(H,15,16). The van der Waals surface area contributed by atoms with E-state index >= 15 is 0 Å². The Morgan fingerprint density at radius 3 is 2.88 bits per heavy atom. The molecule has 1 heterocycles. The number of ether oxygens (including phenoxy) is 1. The van der Waals surface area contributed by atoms with E-state index < -0.39 is 6.09 Å². The van der Waals surface area contributed by atoms with E-state index in [1.165, 1.54) is 0 Å². The van der Waals surface area contributed by atoms with Gasteiger partial charge in [0.05, 0.1) is 0 Å². The quantitative estimate of drug-likeness (QED) is 0.568. The molecule has 0 spiro atoms. The number of piperidine rings is 1. The van der Waals surface area contributed by atoms with Crippen LogP contribution >= 0.6 is 11.6 Å². The molecule has 1 fully saturated rings. The number of carboxylic acid groups (broad SMARTS) is 1. The summed E-state index contributed by atoms with van der Waals surface area (Å²) in [4.78, 5) is 12.6. The first-order chi connectivity index (χ1) is 8.25. The second kappa shape index (κ2) is 8.59. The van der Waals surface area contributed by atoms with Crippen LogP contribution in [0.2, 0.25) is 0 Å². The Morgan fingerprint density at radius 2 is 2.18 bits per heavy atom. The Morgan fingerprint density at radius 1 is 1.35 bits per heavy atom. The molecular weight excluding hydrogens is 242 g/mol. The van der Waals surface area contributed by atoms with Gasteiger partial charge in [0, 0.05) is 31.7 Å². The lowest BCUT2D eigenvalue weighted by Gasteiger charge is -2.33. The van der Waals surface area contributed by atoms with Gasteiger partial charge < -0.3 is 14.7 Å². The second-order valence-corrected chi connectivity index (χ2v) is 4.80. The minimum absolute atomic E-state index is 0.147. The zero-order chi connectivity index (χ0) is 12.5. The summed E-state index contributed by atoms with van der Waals surface area (Å²) in [5.74, 6) is 0.679. The molecule has 1 amide bonds. The normalized spacial score (nSPS) is 20.5. The van der Waals surface area contributed by atoms with Crippen molar-refractivity contribution in [2.75, 3.05) is 25.6 Å². The number of halogens is 1. The number of hydrogen-bond acceptors (Lipinski definition) is 2. The van der Waals surface area contributed by atoms with E-state index in [-0.39, 0.29) is 6.04 Å². The van der Waals surface area contributed by atoms with Gasteiger partial charge in [0.2, 0.25) is 0 Å². The predicted octanol–water partition coefficient (Wildman–Crippen LogP) is 2.94. The summed E-state index contributed by atoms with van der Waals surface area (Å²) >= 11 is 5.56. The smallest absolute Gasteiger partial charge is 0.407 e. The molecule has 5 heteroatoms. The first kappa shape index (κ1) is 14.6. The third-order valence-corrected chi connectivity index (χ3v) is 3.41. The van der Waals surface area contributed by atoms with Gasteiger partial charge >= 0.3 is 6.09 Å². The van der Waals surface area contributed by atoms with Crippen LogP contribution in [-0.4, -0.2) is 47.8 Å². The van der Waals surface area contributed by atoms with Crippen LogP contribution < -0.4 is 0 Å². The molecule has 4 nitrogen and oxygen atoms in total. The van der Waals surface area contributed by atoms with Crippen LogP contribution in [0.5, 0.6) is 0 Å². The predicted molar refractivity (Wildman–Crippen MR) is 67.8 cm³/mol. The molecular formula is C12H22ClNO3. The van der Waals surface area contributed by atoms with E-state index in [0.717, 1.165) is 45.1 Å². The Balaban J connectivity index is 2.13. The first-order valence-electron chi connectivity index (χ1n) is 6.39. The van der Waals surface area contributed by atoms with Gasteiger partial charge in [0.15, 0.2) is 0 Å². The van der Waals surface area contributed by atoms with Crippen molar-refractivity contribution < 1.29 is 14.6 Å². The van der Waals surface area contributed by atoms with E-state index in [0.29, 0.717) is 19.0 Å². The highest BCUT2D eigenvalue weighted by atomic mass is 35.5. The van der Waals surface area contributed by atoms with Gasteiger partial charge in [0.25, 0.3) is 0 Å². The van der Waals surface area contributed by atoms with Gasteiger partial charge in [-0.1, -0.05) is 0 Å². The maximum absolute atomic E-state index is 11.0. The third kappa shape index (κ3) is 5.59. The lowest BCUT2D eigenvalue weighted by Crippen LogP contribution is -2.43. The van der Waals surface area contributed by atoms with E-state index in [1.807, 2.05) is 0 Å². The van der Waals surface area contributed by atoms with Crippen LogP contribution in [0, 0.1) is 0 Å². The highest BCUT2D eigenvalue weighted by Gasteiger charge is 2.25. The van der Waals surface area contributed by atoms with E-state index in [1.54, 1.807) is 4.90 Å². The highest BCUT2D eigenvalue weighted by molar-refractivity contribution is 6.17. The summed E-state index contributed by atoms with van der Waals surface area (Å²) in [6.45, 7) is 2.05. The van der Waals surface area contributed by atoms with Crippen LogP contribution in [0.1, 0.15) is 38.5 Å². The van der Waals surface area contributed by atoms with Gasteiger partial charge in [-0.15, -0.1) is 11.6 Å². The van der Waals surface area contributed by atoms with Gasteiger partial charge in [0.1, 0.15) is 0 Å². The molecule has 0 aromatic rings. The number of amides is 1. The summed E-state index contributed by atoms with van der Waals surface area (Å²) < 4.78 is 5.49. The molecule has 1 saturated heterocycles. The van der Waals surface area contributed by atoms with Crippen LogP contribution in [-0.2, 0) is 4.74 Å². The Hall–Kier alpha value is -0.480. The molecule has 0 radical (unpaired) electrons. The Bertz CT molecular complexity index is 226. The maximum atomic E-state index is 11.0. The van der Waals surface area contributed by atoms with Crippen molar-refractivity contribution in [1.82, 2.24) is 4.90 Å². The Kier molecular flexibility index (Phi) is 7.37. The first-order valence-corrected chi connectivity index (χ1v) is 6.92. The minimum Gasteiger partial charge on any atom is -0.465 e. The van der Waals surface area contributed by atoms with Crippen molar-refractivity contribution >= 4 is 17.7 Å². The summed E-state index contributed by atoms with van der Waals surface area (Å²) in [7, 11) is 0. The number of carbonyl (C=O) groups is 1. The Labute approximate surface area is 108 Å². The van der Waals surface area contributed by atoms with Crippen molar-refractivity contribution in [2.45, 2.75) is 44.6 Å². The van der Waals surface area contributed by atoms with Crippen LogP contribution in [0.3, 0.4) is 0 Å². The zero-order valence-electron chi connectivity index (χ0n) is 10.2. The molecule has 1 unspecified atom stereocenters. The third-order valence-electron chi connectivity index (χ3n) is 3.14. The summed E-state index contributed by atoms with van der Waals surface area (Å²) in [5.41, 5.74) is 0. The molecule has 1 aliphatic heterocycles. The number of rotatable bonds is 7. The molecule has 0 bridgehead atoms. The van der Waals surface area contributed by atoms with E-state index in [4.69, 9.17) is 21.4 Å². The van der Waals surface area contributed by atoms with Gasteiger partial charge in [-0.3, -0.25) is 0 Å². The highest BCUT2D eigenvalue weighted by Crippen LogP contribution is 2.19. The molecule has 1 N–H and O–H groups in total. The van der Waals surface area contributed by atoms with Crippen molar-refractivity contribution in [3.05, 3.63) is 0 Å². The summed E-state index contributed by atoms with van der Waals surface area (Å²) in [6, 6.07) is 0.147. The largest absolute Gasteiger partial charge is 0.465 e. The lowest BCUT2D eigenvalue weighted by molar-refractivity contribution is 0.0734. The summed E-state index contributed by atoms with van der Waals surface area (Å²) in [6.07, 6.45) is 5.06. The van der Waals surface area contributed by atoms with Crippen LogP contribution in [0.15, 0.2) is 0 Å². The molecule has 0 aliphatic carbocycles. The average Bonchev–Trinajstić information content (AvgIpc) is 2.34. The summed E-state index contributed by atoms with van der Waals surface area (Å²) in [5, 5.41) is 9.05. The molecule has 100 valence electrons. The molecule has 1 rings (SSSR count). The monoisotopic (exact) mass is 263 g/mol. The number of nitrogens with zero attached hydrogens (tertiary/aromatic N) is 1. The average molecular weight is 264 g/mol. The zero-order valence-corrected chi connectivity index (χ0v) is 11.0. The van der Waals surface area contributed by atoms with Crippen molar-refractivity contribution in [3.63, 3.8) is 0 Å². The van der Waals surface area contributed by atoms with Crippen molar-refractivity contribution in [2.24, 2.45) is 0 Å². The topological polar surface area (TPSA) is 49.8 Å². The molecule has 1 atom stereocenters. The number of likely N-dealkylation sites (tertiary alicyclic amines) is 1. The second-order valence-electron chi connectivity index (χ2n) is 4.42. The van der Waals surface area contributed by atoms with E-state index in [9.17, 15) is 4.79 Å².